The minimum atomic E-state index is -0.417. The second-order valence-corrected chi connectivity index (χ2v) is 3.24. The summed E-state index contributed by atoms with van der Waals surface area (Å²) >= 11 is 0. The van der Waals surface area contributed by atoms with E-state index in [4.69, 9.17) is 0 Å². The smallest absolute Gasteiger partial charge is 0.270 e. The second-order valence-electron chi connectivity index (χ2n) is 3.24. The van der Waals surface area contributed by atoms with Gasteiger partial charge in [0.2, 0.25) is 0 Å². The van der Waals surface area contributed by atoms with Gasteiger partial charge < -0.3 is 4.57 Å². The first kappa shape index (κ1) is 9.39. The zero-order chi connectivity index (χ0) is 11.0. The zero-order valence-corrected chi connectivity index (χ0v) is 8.17. The molecule has 0 saturated carbocycles. The van der Waals surface area contributed by atoms with Gasteiger partial charge in [-0.3, -0.25) is 15.1 Å². The van der Waals surface area contributed by atoms with Gasteiger partial charge in [0.1, 0.15) is 0 Å². The van der Waals surface area contributed by atoms with Gasteiger partial charge in [-0.1, -0.05) is 0 Å². The third kappa shape index (κ3) is 1.38. The van der Waals surface area contributed by atoms with Gasteiger partial charge in [0.05, 0.1) is 16.1 Å². The molecule has 2 rings (SSSR count). The number of hydrogen-bond acceptors (Lipinski definition) is 3. The Bertz CT molecular complexity index is 557. The molecule has 0 fully saturated rings. The van der Waals surface area contributed by atoms with Crippen LogP contribution in [0.25, 0.3) is 10.9 Å². The average Bonchev–Trinajstić information content (AvgIpc) is 2.55. The molecule has 0 N–H and O–H groups in total. The lowest BCUT2D eigenvalue weighted by Gasteiger charge is -1.95. The monoisotopic (exact) mass is 203 g/mol. The van der Waals surface area contributed by atoms with Gasteiger partial charge in [-0.25, -0.2) is 0 Å². The number of nitro benzene ring substituents is 1. The second kappa shape index (κ2) is 3.20. The molecule has 2 aromatic rings. The standard InChI is InChI=1S/C10H9N3O2/c1-11-9-6-12(2)10-4-3-7(13(14)15)5-8(9)10/h3-6H,1H2,2H3. The Morgan fingerprint density at radius 1 is 1.53 bits per heavy atom. The lowest BCUT2D eigenvalue weighted by Crippen LogP contribution is -1.88. The molecule has 0 spiro atoms. The minimum absolute atomic E-state index is 0.0681. The van der Waals surface area contributed by atoms with Crippen molar-refractivity contribution in [2.24, 2.45) is 12.0 Å². The van der Waals surface area contributed by atoms with E-state index in [9.17, 15) is 10.1 Å². The third-order valence-corrected chi connectivity index (χ3v) is 2.33. The van der Waals surface area contributed by atoms with Gasteiger partial charge in [0, 0.05) is 30.8 Å². The van der Waals surface area contributed by atoms with E-state index in [0.29, 0.717) is 5.69 Å². The van der Waals surface area contributed by atoms with Crippen LogP contribution in [0.4, 0.5) is 11.4 Å². The number of nitrogens with zero attached hydrogens (tertiary/aromatic N) is 3. The molecule has 0 aliphatic carbocycles. The molecule has 76 valence electrons. The Morgan fingerprint density at radius 2 is 2.27 bits per heavy atom. The topological polar surface area (TPSA) is 60.4 Å². The number of rotatable bonds is 2. The molecule has 5 heteroatoms. The summed E-state index contributed by atoms with van der Waals surface area (Å²) in [5.74, 6) is 0. The van der Waals surface area contributed by atoms with E-state index in [2.05, 4.69) is 11.7 Å². The van der Waals surface area contributed by atoms with Crippen molar-refractivity contribution < 1.29 is 4.92 Å². The highest BCUT2D eigenvalue weighted by Gasteiger charge is 2.11. The molecule has 0 unspecified atom stereocenters. The predicted molar refractivity (Wildman–Crippen MR) is 58.8 cm³/mol. The van der Waals surface area contributed by atoms with Crippen LogP contribution in [0.2, 0.25) is 0 Å². The third-order valence-electron chi connectivity index (χ3n) is 2.33. The molecule has 0 bridgehead atoms. The molecule has 5 nitrogen and oxygen atoms in total. The lowest BCUT2D eigenvalue weighted by atomic mass is 10.2. The maximum absolute atomic E-state index is 10.6. The summed E-state index contributed by atoms with van der Waals surface area (Å²) in [6.45, 7) is 3.44. The molecule has 1 heterocycles. The Morgan fingerprint density at radius 3 is 2.87 bits per heavy atom. The minimum Gasteiger partial charge on any atom is -0.348 e. The van der Waals surface area contributed by atoms with Crippen molar-refractivity contribution in [3.63, 3.8) is 0 Å². The van der Waals surface area contributed by atoms with Crippen molar-refractivity contribution in [1.29, 1.82) is 0 Å². The normalized spacial score (nSPS) is 10.5. The van der Waals surface area contributed by atoms with Crippen molar-refractivity contribution in [3.05, 3.63) is 34.5 Å². The number of aryl methyl sites for hydroxylation is 1. The molecule has 0 radical (unpaired) electrons. The number of benzene rings is 1. The SMILES string of the molecule is C=Nc1cn(C)c2ccc([N+](=O)[O-])cc12. The van der Waals surface area contributed by atoms with Crippen LogP contribution in [0.5, 0.6) is 0 Å². The Hall–Kier alpha value is -2.17. The van der Waals surface area contributed by atoms with Gasteiger partial charge in [0.25, 0.3) is 5.69 Å². The van der Waals surface area contributed by atoms with Crippen LogP contribution < -0.4 is 0 Å². The number of hydrogen-bond donors (Lipinski definition) is 0. The number of non-ortho nitro benzene ring substituents is 1. The maximum atomic E-state index is 10.6. The Balaban J connectivity index is 2.79. The van der Waals surface area contributed by atoms with Crippen molar-refractivity contribution in [1.82, 2.24) is 4.57 Å². The first-order valence-corrected chi connectivity index (χ1v) is 4.33. The number of nitro groups is 1. The van der Waals surface area contributed by atoms with Crippen molar-refractivity contribution in [2.75, 3.05) is 0 Å². The van der Waals surface area contributed by atoms with E-state index >= 15 is 0 Å². The zero-order valence-electron chi connectivity index (χ0n) is 8.17. The molecule has 0 aliphatic heterocycles. The Kier molecular flexibility index (Phi) is 2.00. The molecule has 1 aromatic carbocycles. The average molecular weight is 203 g/mol. The quantitative estimate of drug-likeness (QED) is 0.427. The molecule has 1 aromatic heterocycles. The fourth-order valence-corrected chi connectivity index (χ4v) is 1.60. The molecular formula is C10H9N3O2. The molecule has 0 atom stereocenters. The van der Waals surface area contributed by atoms with E-state index in [1.54, 1.807) is 12.3 Å². The summed E-state index contributed by atoms with van der Waals surface area (Å²) in [5.41, 5.74) is 1.64. The van der Waals surface area contributed by atoms with Gasteiger partial charge in [-0.05, 0) is 12.8 Å². The van der Waals surface area contributed by atoms with Gasteiger partial charge in [-0.2, -0.15) is 0 Å². The van der Waals surface area contributed by atoms with E-state index in [-0.39, 0.29) is 5.69 Å². The first-order chi connectivity index (χ1) is 7.13. The molecule has 0 saturated heterocycles. The van der Waals surface area contributed by atoms with E-state index < -0.39 is 4.92 Å². The van der Waals surface area contributed by atoms with Crippen LogP contribution in [-0.4, -0.2) is 16.2 Å². The van der Waals surface area contributed by atoms with Crippen LogP contribution in [-0.2, 0) is 7.05 Å². The van der Waals surface area contributed by atoms with E-state index in [0.717, 1.165) is 10.9 Å². The van der Waals surface area contributed by atoms with Crippen LogP contribution in [0.1, 0.15) is 0 Å². The first-order valence-electron chi connectivity index (χ1n) is 4.33. The van der Waals surface area contributed by atoms with Crippen LogP contribution in [0, 0.1) is 10.1 Å². The van der Waals surface area contributed by atoms with Crippen molar-refractivity contribution >= 4 is 29.0 Å². The summed E-state index contributed by atoms with van der Waals surface area (Å²) < 4.78 is 1.86. The molecule has 15 heavy (non-hydrogen) atoms. The molecule has 0 aliphatic rings. The van der Waals surface area contributed by atoms with E-state index in [1.165, 1.54) is 12.1 Å². The fraction of sp³-hybridized carbons (Fsp3) is 0.100. The van der Waals surface area contributed by atoms with Gasteiger partial charge in [-0.15, -0.1) is 0 Å². The summed E-state index contributed by atoms with van der Waals surface area (Å²) in [4.78, 5) is 14.0. The maximum Gasteiger partial charge on any atom is 0.270 e. The van der Waals surface area contributed by atoms with Crippen LogP contribution in [0.3, 0.4) is 0 Å². The summed E-state index contributed by atoms with van der Waals surface area (Å²) in [7, 11) is 1.86. The summed E-state index contributed by atoms with van der Waals surface area (Å²) in [6, 6.07) is 4.71. The van der Waals surface area contributed by atoms with Crippen LogP contribution in [0.15, 0.2) is 29.4 Å². The van der Waals surface area contributed by atoms with E-state index in [1.807, 2.05) is 11.6 Å². The number of fused-ring (bicyclic) bond motifs is 1. The highest BCUT2D eigenvalue weighted by molar-refractivity contribution is 5.93. The fourth-order valence-electron chi connectivity index (χ4n) is 1.60. The van der Waals surface area contributed by atoms with Gasteiger partial charge in [0.15, 0.2) is 0 Å². The van der Waals surface area contributed by atoms with Crippen molar-refractivity contribution in [3.8, 4) is 0 Å². The molecular weight excluding hydrogens is 194 g/mol. The largest absolute Gasteiger partial charge is 0.348 e. The summed E-state index contributed by atoms with van der Waals surface area (Å²) in [5, 5.41) is 11.4. The number of aromatic nitrogens is 1. The predicted octanol–water partition coefficient (Wildman–Crippen LogP) is 2.42. The van der Waals surface area contributed by atoms with Crippen LogP contribution >= 0.6 is 0 Å². The summed E-state index contributed by atoms with van der Waals surface area (Å²) in [6.07, 6.45) is 1.79. The van der Waals surface area contributed by atoms with Crippen molar-refractivity contribution in [2.45, 2.75) is 0 Å². The molecule has 0 amide bonds. The Labute approximate surface area is 85.8 Å². The highest BCUT2D eigenvalue weighted by Crippen LogP contribution is 2.30. The number of aliphatic imine (C=N–C) groups is 1. The lowest BCUT2D eigenvalue weighted by molar-refractivity contribution is -0.384. The van der Waals surface area contributed by atoms with Gasteiger partial charge >= 0.3 is 0 Å². The highest BCUT2D eigenvalue weighted by atomic mass is 16.6.